The Bertz CT molecular complexity index is 692. The number of carbonyl (C=O) groups is 3. The monoisotopic (exact) mass is 396 g/mol. The minimum absolute atomic E-state index is 0.0406. The molecule has 0 saturated carbocycles. The Hall–Kier alpha value is -2.03. The largest absolute Gasteiger partial charge is 0.461 e. The summed E-state index contributed by atoms with van der Waals surface area (Å²) in [5.74, 6) is -3.05. The molecule has 6 atom stereocenters. The molecule has 1 fully saturated rings. The quantitative estimate of drug-likeness (QED) is 0.461. The molecule has 156 valence electrons. The summed E-state index contributed by atoms with van der Waals surface area (Å²) in [5, 5.41) is 30.7. The molecule has 2 aliphatic rings. The van der Waals surface area contributed by atoms with E-state index < -0.39 is 66.5 Å². The van der Waals surface area contributed by atoms with Crippen LogP contribution in [0.15, 0.2) is 23.8 Å². The van der Waals surface area contributed by atoms with Crippen molar-refractivity contribution in [2.75, 3.05) is 6.61 Å². The van der Waals surface area contributed by atoms with Gasteiger partial charge in [-0.15, -0.1) is 0 Å². The number of carbonyl (C=O) groups excluding carboxylic acids is 3. The van der Waals surface area contributed by atoms with Gasteiger partial charge in [0, 0.05) is 24.0 Å². The highest BCUT2D eigenvalue weighted by Crippen LogP contribution is 2.38. The highest BCUT2D eigenvalue weighted by atomic mass is 16.6. The van der Waals surface area contributed by atoms with Gasteiger partial charge in [0.05, 0.1) is 30.1 Å². The molecule has 0 aromatic heterocycles. The average molecular weight is 396 g/mol. The van der Waals surface area contributed by atoms with Crippen molar-refractivity contribution in [2.24, 2.45) is 11.8 Å². The molecule has 2 rings (SSSR count). The zero-order chi connectivity index (χ0) is 21.2. The van der Waals surface area contributed by atoms with Gasteiger partial charge < -0.3 is 24.8 Å². The summed E-state index contributed by atoms with van der Waals surface area (Å²) in [6.45, 7) is 7.94. The lowest BCUT2D eigenvalue weighted by atomic mass is 9.79. The van der Waals surface area contributed by atoms with E-state index in [4.69, 9.17) is 9.47 Å². The van der Waals surface area contributed by atoms with Crippen molar-refractivity contribution in [1.82, 2.24) is 0 Å². The minimum Gasteiger partial charge on any atom is -0.461 e. The molecular formula is C20H28O8. The summed E-state index contributed by atoms with van der Waals surface area (Å²) in [4.78, 5) is 36.9. The van der Waals surface area contributed by atoms with E-state index in [0.717, 1.165) is 0 Å². The van der Waals surface area contributed by atoms with Crippen molar-refractivity contribution >= 4 is 17.7 Å². The van der Waals surface area contributed by atoms with E-state index in [1.54, 1.807) is 6.92 Å². The second-order valence-corrected chi connectivity index (χ2v) is 7.76. The molecular weight excluding hydrogens is 368 g/mol. The van der Waals surface area contributed by atoms with Crippen LogP contribution in [0.1, 0.15) is 40.0 Å². The van der Waals surface area contributed by atoms with E-state index in [1.807, 2.05) is 6.92 Å². The van der Waals surface area contributed by atoms with Crippen LogP contribution in [-0.4, -0.2) is 63.6 Å². The molecule has 8 nitrogen and oxygen atoms in total. The van der Waals surface area contributed by atoms with Gasteiger partial charge in [-0.2, -0.15) is 0 Å². The Kier molecular flexibility index (Phi) is 6.80. The van der Waals surface area contributed by atoms with Gasteiger partial charge in [-0.25, -0.2) is 4.79 Å². The van der Waals surface area contributed by atoms with Crippen LogP contribution in [0.5, 0.6) is 0 Å². The highest BCUT2D eigenvalue weighted by molar-refractivity contribution is 5.97. The maximum absolute atomic E-state index is 12.4. The number of rotatable bonds is 4. The lowest BCUT2D eigenvalue weighted by Crippen LogP contribution is -2.48. The van der Waals surface area contributed by atoms with E-state index >= 15 is 0 Å². The first-order valence-electron chi connectivity index (χ1n) is 9.37. The Morgan fingerprint density at radius 1 is 1.46 bits per heavy atom. The van der Waals surface area contributed by atoms with Gasteiger partial charge in [0.25, 0.3) is 0 Å². The number of aliphatic hydroxyl groups is 3. The van der Waals surface area contributed by atoms with Gasteiger partial charge in [-0.3, -0.25) is 9.59 Å². The number of esters is 2. The highest BCUT2D eigenvalue weighted by Gasteiger charge is 2.49. The van der Waals surface area contributed by atoms with E-state index in [9.17, 15) is 29.7 Å². The number of hydrogen-bond donors (Lipinski definition) is 3. The molecule has 0 bridgehead atoms. The minimum atomic E-state index is -1.79. The maximum atomic E-state index is 12.4. The zero-order valence-corrected chi connectivity index (χ0v) is 16.4. The van der Waals surface area contributed by atoms with Crippen LogP contribution in [-0.2, 0) is 23.9 Å². The molecule has 3 N–H and O–H groups in total. The fraction of sp³-hybridized carbons (Fsp3) is 0.650. The first-order valence-corrected chi connectivity index (χ1v) is 9.37. The lowest BCUT2D eigenvalue weighted by Gasteiger charge is -2.36. The topological polar surface area (TPSA) is 130 Å². The van der Waals surface area contributed by atoms with Crippen LogP contribution >= 0.6 is 0 Å². The molecule has 1 aliphatic heterocycles. The smallest absolute Gasteiger partial charge is 0.334 e. The second-order valence-electron chi connectivity index (χ2n) is 7.76. The van der Waals surface area contributed by atoms with Gasteiger partial charge in [-0.05, 0) is 19.4 Å². The maximum Gasteiger partial charge on any atom is 0.334 e. The molecule has 0 spiro atoms. The van der Waals surface area contributed by atoms with Crippen LogP contribution in [0.4, 0.5) is 0 Å². The van der Waals surface area contributed by atoms with Gasteiger partial charge in [-0.1, -0.05) is 20.4 Å². The van der Waals surface area contributed by atoms with Crippen molar-refractivity contribution < 1.29 is 39.2 Å². The number of fused-ring (bicyclic) bond motifs is 1. The third-order valence-corrected chi connectivity index (χ3v) is 5.55. The molecule has 0 aromatic carbocycles. The van der Waals surface area contributed by atoms with E-state index in [-0.39, 0.29) is 17.6 Å². The first-order chi connectivity index (χ1) is 13.0. The van der Waals surface area contributed by atoms with Crippen LogP contribution in [0.3, 0.4) is 0 Å². The van der Waals surface area contributed by atoms with Crippen molar-refractivity contribution in [2.45, 2.75) is 63.9 Å². The Morgan fingerprint density at radius 2 is 2.11 bits per heavy atom. The fourth-order valence-corrected chi connectivity index (χ4v) is 3.36. The summed E-state index contributed by atoms with van der Waals surface area (Å²) < 4.78 is 10.9. The summed E-state index contributed by atoms with van der Waals surface area (Å²) in [5.41, 5.74) is -1.80. The molecule has 28 heavy (non-hydrogen) atoms. The number of Topliss-reactive ketones (excluding diaryl/α,β-unsaturated/α-hetero) is 1. The predicted molar refractivity (Wildman–Crippen MR) is 97.9 cm³/mol. The van der Waals surface area contributed by atoms with Crippen LogP contribution in [0.25, 0.3) is 0 Å². The average Bonchev–Trinajstić information content (AvgIpc) is 2.90. The van der Waals surface area contributed by atoms with Gasteiger partial charge in [0.15, 0.2) is 5.78 Å². The second kappa shape index (κ2) is 8.55. The van der Waals surface area contributed by atoms with Crippen LogP contribution in [0, 0.1) is 11.8 Å². The molecule has 8 heteroatoms. The fourth-order valence-electron chi connectivity index (χ4n) is 3.36. The molecule has 0 aromatic rings. The first kappa shape index (κ1) is 22.3. The number of hydrogen-bond acceptors (Lipinski definition) is 8. The number of ketones is 1. The summed E-state index contributed by atoms with van der Waals surface area (Å²) in [6, 6.07) is 0. The normalized spacial score (nSPS) is 36.8. The predicted octanol–water partition coefficient (Wildman–Crippen LogP) is 0.436. The van der Waals surface area contributed by atoms with Crippen molar-refractivity contribution in [1.29, 1.82) is 0 Å². The number of ether oxygens (including phenoxy) is 2. The Balaban J connectivity index is 2.52. The van der Waals surface area contributed by atoms with Gasteiger partial charge >= 0.3 is 11.9 Å². The molecule has 0 radical (unpaired) electrons. The van der Waals surface area contributed by atoms with Gasteiger partial charge in [0.2, 0.25) is 0 Å². The molecule has 1 aliphatic carbocycles. The van der Waals surface area contributed by atoms with E-state index in [2.05, 4.69) is 6.58 Å². The summed E-state index contributed by atoms with van der Waals surface area (Å²) >= 11 is 0. The van der Waals surface area contributed by atoms with Crippen LogP contribution < -0.4 is 0 Å². The van der Waals surface area contributed by atoms with Gasteiger partial charge in [0.1, 0.15) is 12.2 Å². The third-order valence-electron chi connectivity index (χ3n) is 5.55. The zero-order valence-electron chi connectivity index (χ0n) is 16.4. The van der Waals surface area contributed by atoms with Crippen LogP contribution in [0.2, 0.25) is 0 Å². The van der Waals surface area contributed by atoms with E-state index in [0.29, 0.717) is 6.42 Å². The van der Waals surface area contributed by atoms with E-state index in [1.165, 1.54) is 13.0 Å². The van der Waals surface area contributed by atoms with Crippen molar-refractivity contribution in [3.05, 3.63) is 23.8 Å². The molecule has 0 amide bonds. The Morgan fingerprint density at radius 3 is 2.68 bits per heavy atom. The lowest BCUT2D eigenvalue weighted by molar-refractivity contribution is -0.165. The molecule has 0 unspecified atom stereocenters. The third kappa shape index (κ3) is 4.51. The number of aliphatic hydroxyl groups excluding tert-OH is 2. The SMILES string of the molecule is C=C1C(=O)O[C@@H]2/C=C(/CO)C(=O)C[C@H](O)[C@@](C)(O)C[C@@H](OC(=O)[C@H](C)CC)[C@@H]12. The standard InChI is InChI=1S/C20H28O8/c1-5-10(2)18(24)28-15-8-20(4,26)16(23)7-13(22)12(9-21)6-14-17(15)11(3)19(25)27-14/h6,10,14-17,21,23,26H,3,5,7-9H2,1-2,4H3/b12-6-/t10-,14-,15-,16+,17+,20+/m1/s1. The van der Waals surface area contributed by atoms with Crippen molar-refractivity contribution in [3.8, 4) is 0 Å². The van der Waals surface area contributed by atoms with Crippen molar-refractivity contribution in [3.63, 3.8) is 0 Å². The Labute approximate surface area is 163 Å². The molecule has 1 saturated heterocycles. The molecule has 1 heterocycles. The summed E-state index contributed by atoms with van der Waals surface area (Å²) in [7, 11) is 0. The summed E-state index contributed by atoms with van der Waals surface area (Å²) in [6.07, 6.45) is -2.26.